The monoisotopic (exact) mass is 228 g/mol. The van der Waals surface area contributed by atoms with Gasteiger partial charge in [-0.3, -0.25) is 0 Å². The smallest absolute Gasteiger partial charge is 0.132 e. The quantitative estimate of drug-likeness (QED) is 0.787. The summed E-state index contributed by atoms with van der Waals surface area (Å²) < 4.78 is 5.06. The Morgan fingerprint density at radius 2 is 2.33 bits per heavy atom. The fourth-order valence-corrected chi connectivity index (χ4v) is 1.39. The zero-order valence-corrected chi connectivity index (χ0v) is 10.1. The maximum absolute atomic E-state index is 5.83. The Morgan fingerprint density at radius 1 is 1.60 bits per heavy atom. The molecule has 0 amide bonds. The Bertz CT molecular complexity index is 317. The van der Waals surface area contributed by atoms with Crippen LogP contribution in [0.25, 0.3) is 0 Å². The molecule has 1 N–H and O–H groups in total. The number of nitrogens with one attached hydrogen (secondary N) is 1. The van der Waals surface area contributed by atoms with Crippen LogP contribution in [0.15, 0.2) is 12.3 Å². The van der Waals surface area contributed by atoms with E-state index in [4.69, 9.17) is 16.3 Å². The summed E-state index contributed by atoms with van der Waals surface area (Å²) in [6, 6.07) is 1.99. The summed E-state index contributed by atoms with van der Waals surface area (Å²) in [5.74, 6) is 0.478. The highest BCUT2D eigenvalue weighted by Gasteiger charge is 2.02. The molecule has 0 saturated carbocycles. The van der Waals surface area contributed by atoms with Gasteiger partial charge in [-0.25, -0.2) is 4.98 Å². The summed E-state index contributed by atoms with van der Waals surface area (Å²) >= 11 is 5.83. The predicted octanol–water partition coefficient (Wildman–Crippen LogP) is 2.74. The molecular weight excluding hydrogens is 212 g/mol. The average Bonchev–Trinajstić information content (AvgIpc) is 2.20. The minimum Gasteiger partial charge on any atom is -0.384 e. The number of halogens is 1. The van der Waals surface area contributed by atoms with E-state index < -0.39 is 0 Å². The number of aryl methyl sites for hydroxylation is 1. The van der Waals surface area contributed by atoms with E-state index in [0.717, 1.165) is 24.4 Å². The summed E-state index contributed by atoms with van der Waals surface area (Å²) in [4.78, 5) is 4.07. The molecule has 1 atom stereocenters. The highest BCUT2D eigenvalue weighted by molar-refractivity contribution is 6.30. The minimum atomic E-state index is 0.478. The maximum atomic E-state index is 5.83. The van der Waals surface area contributed by atoms with Crippen molar-refractivity contribution in [1.29, 1.82) is 0 Å². The zero-order valence-electron chi connectivity index (χ0n) is 9.38. The molecule has 0 aliphatic heterocycles. The van der Waals surface area contributed by atoms with Crippen LogP contribution < -0.4 is 5.32 Å². The summed E-state index contributed by atoms with van der Waals surface area (Å²) in [6.45, 7) is 5.70. The number of hydrogen-bond donors (Lipinski definition) is 1. The van der Waals surface area contributed by atoms with E-state index >= 15 is 0 Å². The second-order valence-corrected chi connectivity index (χ2v) is 4.13. The molecule has 0 aromatic carbocycles. The lowest BCUT2D eigenvalue weighted by atomic mass is 10.2. The number of ether oxygens (including phenoxy) is 1. The molecule has 0 bridgehead atoms. The highest BCUT2D eigenvalue weighted by Crippen LogP contribution is 2.16. The van der Waals surface area contributed by atoms with E-state index in [1.165, 1.54) is 0 Å². The van der Waals surface area contributed by atoms with Gasteiger partial charge in [-0.1, -0.05) is 18.5 Å². The first kappa shape index (κ1) is 12.3. The molecule has 15 heavy (non-hydrogen) atoms. The number of nitrogens with zero attached hydrogens (tertiary/aromatic N) is 1. The van der Waals surface area contributed by atoms with Crippen LogP contribution >= 0.6 is 11.6 Å². The molecule has 0 aliphatic carbocycles. The number of rotatable bonds is 5. The molecule has 4 heteroatoms. The van der Waals surface area contributed by atoms with Crippen LogP contribution in [0.1, 0.15) is 12.5 Å². The fourth-order valence-electron chi connectivity index (χ4n) is 1.29. The van der Waals surface area contributed by atoms with Crippen molar-refractivity contribution in [2.75, 3.05) is 25.6 Å². The lowest BCUT2D eigenvalue weighted by Crippen LogP contribution is -2.15. The van der Waals surface area contributed by atoms with Crippen LogP contribution in [0.3, 0.4) is 0 Å². The van der Waals surface area contributed by atoms with Crippen LogP contribution in [0, 0.1) is 12.8 Å². The van der Waals surface area contributed by atoms with Crippen molar-refractivity contribution in [3.05, 3.63) is 23.0 Å². The molecule has 84 valence electrons. The molecule has 3 nitrogen and oxygen atoms in total. The van der Waals surface area contributed by atoms with Gasteiger partial charge in [-0.2, -0.15) is 0 Å². The number of aromatic nitrogens is 1. The van der Waals surface area contributed by atoms with Gasteiger partial charge >= 0.3 is 0 Å². The first-order chi connectivity index (χ1) is 7.13. The van der Waals surface area contributed by atoms with E-state index in [0.29, 0.717) is 11.1 Å². The normalized spacial score (nSPS) is 12.5. The van der Waals surface area contributed by atoms with Gasteiger partial charge in [-0.15, -0.1) is 0 Å². The van der Waals surface area contributed by atoms with Crippen molar-refractivity contribution in [3.8, 4) is 0 Å². The van der Waals surface area contributed by atoms with Crippen molar-refractivity contribution in [1.82, 2.24) is 4.98 Å². The van der Waals surface area contributed by atoms with Gasteiger partial charge in [0.05, 0.1) is 18.5 Å². The van der Waals surface area contributed by atoms with E-state index in [1.54, 1.807) is 13.3 Å². The van der Waals surface area contributed by atoms with Crippen molar-refractivity contribution in [3.63, 3.8) is 0 Å². The second-order valence-electron chi connectivity index (χ2n) is 3.77. The van der Waals surface area contributed by atoms with Crippen LogP contribution in [0.4, 0.5) is 5.69 Å². The van der Waals surface area contributed by atoms with Crippen molar-refractivity contribution in [2.24, 2.45) is 5.92 Å². The summed E-state index contributed by atoms with van der Waals surface area (Å²) in [7, 11) is 1.71. The standard InChI is InChI=1S/C11H17ClN2O/c1-8(7-15-3)5-13-10-4-9(2)11(12)14-6-10/h4,6,8,13H,5,7H2,1-3H3. The van der Waals surface area contributed by atoms with Crippen molar-refractivity contribution >= 4 is 17.3 Å². The van der Waals surface area contributed by atoms with E-state index in [-0.39, 0.29) is 0 Å². The molecule has 1 rings (SSSR count). The topological polar surface area (TPSA) is 34.1 Å². The molecule has 0 aliphatic rings. The molecule has 0 saturated heterocycles. The van der Waals surface area contributed by atoms with Gasteiger partial charge in [0.2, 0.25) is 0 Å². The number of pyridine rings is 1. The molecule has 0 fully saturated rings. The number of methoxy groups -OCH3 is 1. The summed E-state index contributed by atoms with van der Waals surface area (Å²) in [5.41, 5.74) is 1.99. The lowest BCUT2D eigenvalue weighted by Gasteiger charge is -2.12. The molecule has 1 aromatic rings. The van der Waals surface area contributed by atoms with Gasteiger partial charge in [0.15, 0.2) is 0 Å². The minimum absolute atomic E-state index is 0.478. The predicted molar refractivity (Wildman–Crippen MR) is 63.5 cm³/mol. The molecule has 0 spiro atoms. The van der Waals surface area contributed by atoms with Crippen molar-refractivity contribution < 1.29 is 4.74 Å². The van der Waals surface area contributed by atoms with Crippen LogP contribution in [0.5, 0.6) is 0 Å². The van der Waals surface area contributed by atoms with Gasteiger partial charge in [0, 0.05) is 13.7 Å². The molecule has 0 radical (unpaired) electrons. The van der Waals surface area contributed by atoms with E-state index in [1.807, 2.05) is 13.0 Å². The van der Waals surface area contributed by atoms with Crippen molar-refractivity contribution in [2.45, 2.75) is 13.8 Å². The van der Waals surface area contributed by atoms with E-state index in [9.17, 15) is 0 Å². The first-order valence-electron chi connectivity index (χ1n) is 4.98. The van der Waals surface area contributed by atoms with E-state index in [2.05, 4.69) is 17.2 Å². The van der Waals surface area contributed by atoms with Crippen LogP contribution in [-0.2, 0) is 4.74 Å². The number of hydrogen-bond acceptors (Lipinski definition) is 3. The summed E-state index contributed by atoms with van der Waals surface area (Å²) in [5, 5.41) is 3.86. The second kappa shape index (κ2) is 5.93. The van der Waals surface area contributed by atoms with Crippen LogP contribution in [0.2, 0.25) is 5.15 Å². The Labute approximate surface area is 95.8 Å². The zero-order chi connectivity index (χ0) is 11.3. The third kappa shape index (κ3) is 4.06. The molecular formula is C11H17ClN2O. The van der Waals surface area contributed by atoms with Crippen LogP contribution in [-0.4, -0.2) is 25.2 Å². The average molecular weight is 229 g/mol. The summed E-state index contributed by atoms with van der Waals surface area (Å²) in [6.07, 6.45) is 1.74. The van der Waals surface area contributed by atoms with Gasteiger partial charge in [-0.05, 0) is 24.5 Å². The fraction of sp³-hybridized carbons (Fsp3) is 0.545. The lowest BCUT2D eigenvalue weighted by molar-refractivity contribution is 0.164. The highest BCUT2D eigenvalue weighted by atomic mass is 35.5. The Hall–Kier alpha value is -0.800. The van der Waals surface area contributed by atoms with Gasteiger partial charge in [0.1, 0.15) is 5.15 Å². The van der Waals surface area contributed by atoms with Gasteiger partial charge in [0.25, 0.3) is 0 Å². The Balaban J connectivity index is 2.47. The van der Waals surface area contributed by atoms with Gasteiger partial charge < -0.3 is 10.1 Å². The molecule has 1 heterocycles. The molecule has 1 unspecified atom stereocenters. The maximum Gasteiger partial charge on any atom is 0.132 e. The third-order valence-electron chi connectivity index (χ3n) is 2.12. The Kier molecular flexibility index (Phi) is 4.85. The SMILES string of the molecule is COCC(C)CNc1cnc(Cl)c(C)c1. The largest absolute Gasteiger partial charge is 0.384 e. The number of anilines is 1. The first-order valence-corrected chi connectivity index (χ1v) is 5.36. The molecule has 1 aromatic heterocycles. The third-order valence-corrected chi connectivity index (χ3v) is 2.52. The Morgan fingerprint density at radius 3 is 2.93 bits per heavy atom.